The molecule has 0 aromatic heterocycles. The molecule has 3 saturated heterocycles. The maximum absolute atomic E-state index is 14.9. The fourth-order valence-corrected chi connectivity index (χ4v) is 3.94. The first-order valence-electron chi connectivity index (χ1n) is 9.23. The zero-order valence-corrected chi connectivity index (χ0v) is 16.2. The summed E-state index contributed by atoms with van der Waals surface area (Å²) in [5.41, 5.74) is -1.15. The number of carbonyl (C=O) groups is 3. The molecular formula is C18H20F2N4O6. The number of alkyl carbamates (subject to hydrolysis) is 2. The molecule has 0 unspecified atom stereocenters. The van der Waals surface area contributed by atoms with E-state index < -0.39 is 41.6 Å². The van der Waals surface area contributed by atoms with Crippen LogP contribution in [0.15, 0.2) is 12.1 Å². The van der Waals surface area contributed by atoms with Crippen LogP contribution in [-0.4, -0.2) is 69.3 Å². The Morgan fingerprint density at radius 1 is 1.33 bits per heavy atom. The first-order chi connectivity index (χ1) is 14.2. The molecule has 3 atom stereocenters. The second kappa shape index (κ2) is 7.18. The van der Waals surface area contributed by atoms with Gasteiger partial charge >= 0.3 is 18.3 Å². The van der Waals surface area contributed by atoms with Crippen LogP contribution in [0, 0.1) is 11.6 Å². The maximum atomic E-state index is 14.9. The fraction of sp³-hybridized carbons (Fsp3) is 0.500. The summed E-state index contributed by atoms with van der Waals surface area (Å²) in [6, 6.07) is 1.71. The van der Waals surface area contributed by atoms with Crippen molar-refractivity contribution in [3.8, 4) is 0 Å². The Hall–Kier alpha value is -3.31. The van der Waals surface area contributed by atoms with Gasteiger partial charge < -0.3 is 29.7 Å². The van der Waals surface area contributed by atoms with Gasteiger partial charge in [0, 0.05) is 18.7 Å². The van der Waals surface area contributed by atoms with E-state index in [1.165, 1.54) is 12.0 Å². The van der Waals surface area contributed by atoms with Crippen molar-refractivity contribution in [2.45, 2.75) is 24.7 Å². The van der Waals surface area contributed by atoms with Gasteiger partial charge in [0.15, 0.2) is 17.2 Å². The van der Waals surface area contributed by atoms with E-state index in [9.17, 15) is 23.2 Å². The fourth-order valence-electron chi connectivity index (χ4n) is 3.94. The summed E-state index contributed by atoms with van der Waals surface area (Å²) < 4.78 is 44.5. The largest absolute Gasteiger partial charge is 0.453 e. The van der Waals surface area contributed by atoms with Crippen molar-refractivity contribution in [2.75, 3.05) is 43.1 Å². The molecule has 1 aromatic rings. The van der Waals surface area contributed by atoms with Crippen LogP contribution >= 0.6 is 0 Å². The van der Waals surface area contributed by atoms with E-state index in [2.05, 4.69) is 15.4 Å². The summed E-state index contributed by atoms with van der Waals surface area (Å²) in [6.45, 7) is 2.00. The van der Waals surface area contributed by atoms with E-state index in [-0.39, 0.29) is 43.6 Å². The monoisotopic (exact) mass is 426 g/mol. The number of hydrogen-bond donors (Lipinski definition) is 2. The van der Waals surface area contributed by atoms with Gasteiger partial charge in [0.25, 0.3) is 0 Å². The lowest BCUT2D eigenvalue weighted by Crippen LogP contribution is -2.39. The number of halogens is 2. The third-order valence-electron chi connectivity index (χ3n) is 5.43. The average Bonchev–Trinajstić information content (AvgIpc) is 3.27. The molecule has 2 N–H and O–H groups in total. The summed E-state index contributed by atoms with van der Waals surface area (Å²) in [5.74, 6) is -1.72. The molecule has 3 fully saturated rings. The Labute approximate surface area is 170 Å². The van der Waals surface area contributed by atoms with Gasteiger partial charge in [-0.2, -0.15) is 0 Å². The van der Waals surface area contributed by atoms with Crippen LogP contribution < -0.4 is 20.4 Å². The zero-order chi connectivity index (χ0) is 21.6. The van der Waals surface area contributed by atoms with Crippen molar-refractivity contribution in [2.24, 2.45) is 0 Å². The molecule has 1 aromatic carbocycles. The van der Waals surface area contributed by atoms with E-state index in [1.54, 1.807) is 6.92 Å². The van der Waals surface area contributed by atoms with Gasteiger partial charge in [-0.3, -0.25) is 4.90 Å². The number of nitrogens with one attached hydrogen (secondary N) is 2. The molecule has 0 spiro atoms. The SMILES string of the molecule is COC(=O)NC[C@H]1CN(c2cc(F)c(N3C[C@H]4NC(=O)O[C@@]4(C)C3)c(F)c2)C(=O)O1. The Balaban J connectivity index is 1.49. The van der Waals surface area contributed by atoms with E-state index in [0.29, 0.717) is 0 Å². The number of rotatable bonds is 4. The van der Waals surface area contributed by atoms with Gasteiger partial charge in [-0.05, 0) is 6.92 Å². The molecule has 162 valence electrons. The summed E-state index contributed by atoms with van der Waals surface area (Å²) in [4.78, 5) is 37.2. The Morgan fingerprint density at radius 3 is 2.67 bits per heavy atom. The van der Waals surface area contributed by atoms with Crippen LogP contribution in [0.3, 0.4) is 0 Å². The molecule has 3 amide bonds. The van der Waals surface area contributed by atoms with Crippen molar-refractivity contribution >= 4 is 29.7 Å². The molecule has 3 aliphatic heterocycles. The third kappa shape index (κ3) is 3.42. The maximum Gasteiger partial charge on any atom is 0.414 e. The third-order valence-corrected chi connectivity index (χ3v) is 5.43. The number of anilines is 2. The van der Waals surface area contributed by atoms with Crippen LogP contribution in [0.1, 0.15) is 6.92 Å². The standard InChI is InChI=1S/C18H20F2N4O6/c1-18-8-23(7-13(18)22-16(26)30-18)14-11(19)3-9(4-12(14)20)24-6-10(29-17(24)27)5-21-15(25)28-2/h3-4,10,13H,5-8H2,1-2H3,(H,21,25)(H,22,26)/t10-,13+,18-/m0/s1. The van der Waals surface area contributed by atoms with Crippen molar-refractivity contribution in [1.29, 1.82) is 0 Å². The molecule has 10 nitrogen and oxygen atoms in total. The van der Waals surface area contributed by atoms with Crippen molar-refractivity contribution in [3.05, 3.63) is 23.8 Å². The van der Waals surface area contributed by atoms with Crippen molar-refractivity contribution in [3.63, 3.8) is 0 Å². The summed E-state index contributed by atoms with van der Waals surface area (Å²) >= 11 is 0. The van der Waals surface area contributed by atoms with E-state index in [0.717, 1.165) is 17.0 Å². The van der Waals surface area contributed by atoms with Crippen LogP contribution in [0.25, 0.3) is 0 Å². The van der Waals surface area contributed by atoms with E-state index >= 15 is 0 Å². The molecule has 0 bridgehead atoms. The molecule has 4 rings (SSSR count). The number of methoxy groups -OCH3 is 1. The minimum atomic E-state index is -0.882. The van der Waals surface area contributed by atoms with Crippen LogP contribution in [0.4, 0.5) is 34.5 Å². The lowest BCUT2D eigenvalue weighted by atomic mass is 10.0. The summed E-state index contributed by atoms with van der Waals surface area (Å²) in [6.07, 6.45) is -2.71. The number of cyclic esters (lactones) is 1. The predicted octanol–water partition coefficient (Wildman–Crippen LogP) is 1.33. The van der Waals surface area contributed by atoms with Crippen LogP contribution in [0.2, 0.25) is 0 Å². The zero-order valence-electron chi connectivity index (χ0n) is 16.2. The lowest BCUT2D eigenvalue weighted by Gasteiger charge is -2.24. The molecule has 12 heteroatoms. The van der Waals surface area contributed by atoms with Crippen LogP contribution in [-0.2, 0) is 14.2 Å². The van der Waals surface area contributed by atoms with E-state index in [1.807, 2.05) is 0 Å². The Kier molecular flexibility index (Phi) is 4.79. The first-order valence-corrected chi connectivity index (χ1v) is 9.23. The minimum Gasteiger partial charge on any atom is -0.453 e. The topological polar surface area (TPSA) is 109 Å². The first kappa shape index (κ1) is 20.0. The molecule has 3 aliphatic rings. The molecule has 0 saturated carbocycles. The molecule has 0 radical (unpaired) electrons. The van der Waals surface area contributed by atoms with E-state index in [4.69, 9.17) is 9.47 Å². The summed E-state index contributed by atoms with van der Waals surface area (Å²) in [7, 11) is 1.20. The molecule has 30 heavy (non-hydrogen) atoms. The van der Waals surface area contributed by atoms with Crippen molar-refractivity contribution in [1.82, 2.24) is 10.6 Å². The second-order valence-electron chi connectivity index (χ2n) is 7.53. The van der Waals surface area contributed by atoms with Gasteiger partial charge in [0.2, 0.25) is 0 Å². The highest BCUT2D eigenvalue weighted by molar-refractivity contribution is 5.90. The van der Waals surface area contributed by atoms with Gasteiger partial charge in [0.1, 0.15) is 11.8 Å². The normalized spacial score (nSPS) is 27.5. The Bertz CT molecular complexity index is 892. The van der Waals surface area contributed by atoms with Gasteiger partial charge in [-0.1, -0.05) is 0 Å². The number of amides is 3. The van der Waals surface area contributed by atoms with Gasteiger partial charge in [-0.25, -0.2) is 23.2 Å². The second-order valence-corrected chi connectivity index (χ2v) is 7.53. The number of fused-ring (bicyclic) bond motifs is 1. The molecule has 0 aliphatic carbocycles. The Morgan fingerprint density at radius 2 is 2.03 bits per heavy atom. The van der Waals surface area contributed by atoms with Gasteiger partial charge in [0.05, 0.1) is 38.5 Å². The summed E-state index contributed by atoms with van der Waals surface area (Å²) in [5, 5.41) is 5.03. The number of benzene rings is 1. The van der Waals surface area contributed by atoms with Crippen LogP contribution in [0.5, 0.6) is 0 Å². The lowest BCUT2D eigenvalue weighted by molar-refractivity contribution is 0.0761. The predicted molar refractivity (Wildman–Crippen MR) is 98.4 cm³/mol. The highest BCUT2D eigenvalue weighted by Gasteiger charge is 2.52. The number of carbonyl (C=O) groups excluding carboxylic acids is 3. The number of hydrogen-bond acceptors (Lipinski definition) is 7. The quantitative estimate of drug-likeness (QED) is 0.699. The number of ether oxygens (including phenoxy) is 3. The minimum absolute atomic E-state index is 0.00255. The molecule has 3 heterocycles. The smallest absolute Gasteiger partial charge is 0.414 e. The highest BCUT2D eigenvalue weighted by atomic mass is 19.1. The number of nitrogens with zero attached hydrogens (tertiary/aromatic N) is 2. The average molecular weight is 426 g/mol. The highest BCUT2D eigenvalue weighted by Crippen LogP contribution is 2.37. The van der Waals surface area contributed by atoms with Gasteiger partial charge in [-0.15, -0.1) is 0 Å². The van der Waals surface area contributed by atoms with Crippen molar-refractivity contribution < 1.29 is 37.4 Å². The molecular weight excluding hydrogens is 406 g/mol.